The van der Waals surface area contributed by atoms with Crippen molar-refractivity contribution < 1.29 is 4.79 Å². The molecule has 94 valence electrons. The van der Waals surface area contributed by atoms with Gasteiger partial charge in [-0.1, -0.05) is 24.6 Å². The predicted octanol–water partition coefficient (Wildman–Crippen LogP) is 3.50. The lowest BCUT2D eigenvalue weighted by Gasteiger charge is -2.30. The Hall–Kier alpha value is -1.62. The van der Waals surface area contributed by atoms with Crippen LogP contribution in [-0.4, -0.2) is 5.78 Å². The number of Topliss-reactive ketones (excluding diaryl/α,β-unsaturated/α-hetero) is 1. The van der Waals surface area contributed by atoms with Gasteiger partial charge in [0.05, 0.1) is 6.07 Å². The summed E-state index contributed by atoms with van der Waals surface area (Å²) in [6.07, 6.45) is 3.80. The highest BCUT2D eigenvalue weighted by atomic mass is 16.1. The van der Waals surface area contributed by atoms with Crippen LogP contribution in [0.4, 0.5) is 0 Å². The van der Waals surface area contributed by atoms with Crippen molar-refractivity contribution in [2.24, 2.45) is 5.41 Å². The van der Waals surface area contributed by atoms with E-state index in [1.807, 2.05) is 6.07 Å². The predicted molar refractivity (Wildman–Crippen MR) is 71.1 cm³/mol. The number of hydrogen-bond acceptors (Lipinski definition) is 2. The number of nitriles is 1. The number of nitrogens with zero attached hydrogens (tertiary/aromatic N) is 1. The Morgan fingerprint density at radius 3 is 2.50 bits per heavy atom. The number of carbonyl (C=O) groups is 1. The van der Waals surface area contributed by atoms with Gasteiger partial charge in [0.25, 0.3) is 0 Å². The van der Waals surface area contributed by atoms with Gasteiger partial charge in [0.15, 0.2) is 5.78 Å². The van der Waals surface area contributed by atoms with Crippen molar-refractivity contribution in [1.82, 2.24) is 0 Å². The van der Waals surface area contributed by atoms with E-state index in [4.69, 9.17) is 0 Å². The minimum atomic E-state index is -0.769. The first-order valence-corrected chi connectivity index (χ1v) is 6.59. The summed E-state index contributed by atoms with van der Waals surface area (Å²) in [4.78, 5) is 12.2. The molecule has 18 heavy (non-hydrogen) atoms. The average molecular weight is 241 g/mol. The lowest BCUT2D eigenvalue weighted by Crippen LogP contribution is -2.35. The van der Waals surface area contributed by atoms with Crippen LogP contribution in [0.5, 0.6) is 0 Å². The van der Waals surface area contributed by atoms with Gasteiger partial charge >= 0.3 is 0 Å². The van der Waals surface area contributed by atoms with Crippen molar-refractivity contribution in [2.75, 3.05) is 0 Å². The van der Waals surface area contributed by atoms with E-state index in [0.29, 0.717) is 12.8 Å². The minimum absolute atomic E-state index is 0.138. The van der Waals surface area contributed by atoms with Crippen molar-refractivity contribution in [3.63, 3.8) is 0 Å². The van der Waals surface area contributed by atoms with Gasteiger partial charge in [0, 0.05) is 6.42 Å². The Labute approximate surface area is 109 Å². The summed E-state index contributed by atoms with van der Waals surface area (Å²) in [6.45, 7) is 4.11. The highest BCUT2D eigenvalue weighted by Gasteiger charge is 2.40. The van der Waals surface area contributed by atoms with Crippen LogP contribution in [0.15, 0.2) is 18.2 Å². The van der Waals surface area contributed by atoms with Crippen LogP contribution in [0.25, 0.3) is 0 Å². The zero-order chi connectivity index (χ0) is 13.2. The smallest absolute Gasteiger partial charge is 0.153 e. The third kappa shape index (κ3) is 2.18. The Bertz CT molecular complexity index is 492. The van der Waals surface area contributed by atoms with Gasteiger partial charge in [-0.25, -0.2) is 0 Å². The van der Waals surface area contributed by atoms with Crippen molar-refractivity contribution in [1.29, 1.82) is 5.26 Å². The van der Waals surface area contributed by atoms with Crippen LogP contribution >= 0.6 is 0 Å². The number of ketones is 1. The first-order chi connectivity index (χ1) is 8.59. The molecule has 2 heteroatoms. The molecule has 1 fully saturated rings. The topological polar surface area (TPSA) is 40.9 Å². The summed E-state index contributed by atoms with van der Waals surface area (Å²) in [5.41, 5.74) is 2.77. The molecule has 1 saturated carbocycles. The molecule has 0 saturated heterocycles. The number of benzene rings is 1. The van der Waals surface area contributed by atoms with E-state index in [0.717, 1.165) is 19.3 Å². The van der Waals surface area contributed by atoms with Crippen LogP contribution < -0.4 is 0 Å². The molecule has 2 rings (SSSR count). The summed E-state index contributed by atoms with van der Waals surface area (Å²) in [7, 11) is 0. The summed E-state index contributed by atoms with van der Waals surface area (Å²) < 4.78 is 0. The average Bonchev–Trinajstić information content (AvgIpc) is 2.36. The first-order valence-electron chi connectivity index (χ1n) is 6.59. The molecule has 0 radical (unpaired) electrons. The maximum Gasteiger partial charge on any atom is 0.153 e. The van der Waals surface area contributed by atoms with Crippen molar-refractivity contribution in [3.05, 3.63) is 34.9 Å². The minimum Gasteiger partial charge on any atom is -0.298 e. The molecule has 1 atom stereocenters. The fourth-order valence-corrected chi connectivity index (χ4v) is 2.87. The molecule has 1 aromatic rings. The van der Waals surface area contributed by atoms with Crippen LogP contribution in [0, 0.1) is 30.6 Å². The van der Waals surface area contributed by atoms with Crippen molar-refractivity contribution in [3.8, 4) is 6.07 Å². The second-order valence-electron chi connectivity index (χ2n) is 5.37. The van der Waals surface area contributed by atoms with Gasteiger partial charge in [-0.2, -0.15) is 5.26 Å². The second-order valence-corrected chi connectivity index (χ2v) is 5.37. The summed E-state index contributed by atoms with van der Waals surface area (Å²) in [6, 6.07) is 8.46. The van der Waals surface area contributed by atoms with E-state index in [2.05, 4.69) is 32.0 Å². The van der Waals surface area contributed by atoms with Gasteiger partial charge in [0.1, 0.15) is 5.41 Å². The van der Waals surface area contributed by atoms with Crippen LogP contribution in [0.1, 0.15) is 42.4 Å². The van der Waals surface area contributed by atoms with Crippen LogP contribution in [0.3, 0.4) is 0 Å². The molecular weight excluding hydrogens is 222 g/mol. The molecule has 1 aliphatic rings. The molecule has 1 aliphatic carbocycles. The Kier molecular flexibility index (Phi) is 3.52. The molecule has 1 aromatic carbocycles. The molecule has 0 N–H and O–H groups in total. The van der Waals surface area contributed by atoms with Gasteiger partial charge < -0.3 is 0 Å². The normalized spacial score (nSPS) is 23.7. The van der Waals surface area contributed by atoms with Gasteiger partial charge in [0.2, 0.25) is 0 Å². The molecule has 0 aromatic heterocycles. The molecule has 2 nitrogen and oxygen atoms in total. The van der Waals surface area contributed by atoms with E-state index in [1.54, 1.807) is 0 Å². The molecule has 0 amide bonds. The molecule has 0 spiro atoms. The maximum absolute atomic E-state index is 12.2. The molecule has 0 aliphatic heterocycles. The van der Waals surface area contributed by atoms with Gasteiger partial charge in [-0.05, 0) is 49.8 Å². The third-order valence-electron chi connectivity index (χ3n) is 4.13. The highest BCUT2D eigenvalue weighted by Crippen LogP contribution is 2.37. The molecule has 1 unspecified atom stereocenters. The number of hydrogen-bond donors (Lipinski definition) is 0. The number of aryl methyl sites for hydroxylation is 2. The second kappa shape index (κ2) is 4.94. The quantitative estimate of drug-likeness (QED) is 0.795. The molecule has 0 bridgehead atoms. The monoisotopic (exact) mass is 241 g/mol. The summed E-state index contributed by atoms with van der Waals surface area (Å²) in [5, 5.41) is 9.48. The Balaban J connectivity index is 2.37. The van der Waals surface area contributed by atoms with E-state index in [9.17, 15) is 10.1 Å². The summed E-state index contributed by atoms with van der Waals surface area (Å²) >= 11 is 0. The van der Waals surface area contributed by atoms with Crippen LogP contribution in [0.2, 0.25) is 0 Å². The first kappa shape index (κ1) is 12.8. The SMILES string of the molecule is Cc1cccc(C)c1CC1(C#N)CCCCC1=O. The fraction of sp³-hybridized carbons (Fsp3) is 0.500. The van der Waals surface area contributed by atoms with Crippen molar-refractivity contribution in [2.45, 2.75) is 46.0 Å². The Morgan fingerprint density at radius 2 is 1.94 bits per heavy atom. The largest absolute Gasteiger partial charge is 0.298 e. The lowest BCUT2D eigenvalue weighted by atomic mass is 9.69. The highest BCUT2D eigenvalue weighted by molar-refractivity contribution is 5.88. The van der Waals surface area contributed by atoms with Gasteiger partial charge in [-0.3, -0.25) is 4.79 Å². The lowest BCUT2D eigenvalue weighted by molar-refractivity contribution is -0.128. The zero-order valence-electron chi connectivity index (χ0n) is 11.1. The fourth-order valence-electron chi connectivity index (χ4n) is 2.87. The Morgan fingerprint density at radius 1 is 1.28 bits per heavy atom. The third-order valence-corrected chi connectivity index (χ3v) is 4.13. The van der Waals surface area contributed by atoms with E-state index in [1.165, 1.54) is 16.7 Å². The van der Waals surface area contributed by atoms with E-state index >= 15 is 0 Å². The van der Waals surface area contributed by atoms with Crippen LogP contribution in [-0.2, 0) is 11.2 Å². The number of carbonyl (C=O) groups excluding carboxylic acids is 1. The maximum atomic E-state index is 12.2. The van der Waals surface area contributed by atoms with E-state index < -0.39 is 5.41 Å². The summed E-state index contributed by atoms with van der Waals surface area (Å²) in [5.74, 6) is 0.138. The molecular formula is C16H19NO. The molecule has 0 heterocycles. The number of rotatable bonds is 2. The van der Waals surface area contributed by atoms with E-state index in [-0.39, 0.29) is 5.78 Å². The van der Waals surface area contributed by atoms with Gasteiger partial charge in [-0.15, -0.1) is 0 Å². The standard InChI is InChI=1S/C16H19NO/c1-12-6-5-7-13(2)14(12)10-16(11-17)9-4-3-8-15(16)18/h5-7H,3-4,8-10H2,1-2H3. The van der Waals surface area contributed by atoms with Crippen molar-refractivity contribution >= 4 is 5.78 Å². The zero-order valence-corrected chi connectivity index (χ0v) is 11.1.